The highest BCUT2D eigenvalue weighted by atomic mass is 19.2. The molecule has 1 N–H and O–H groups in total. The molecule has 0 atom stereocenters. The molecule has 0 unspecified atom stereocenters. The minimum atomic E-state index is 0.247. The third-order valence-electron chi connectivity index (χ3n) is 1.14. The number of nitrogens with one attached hydrogen (secondary N) is 1. The standard InChI is InChI=1S/C7H8FNO/c8-9-10-6-7-4-2-1-3-5-7/h1-5,9H,6H2. The number of hydrogen-bond acceptors (Lipinski definition) is 2. The third-order valence-corrected chi connectivity index (χ3v) is 1.14. The monoisotopic (exact) mass is 141 g/mol. The molecule has 0 bridgehead atoms. The molecule has 54 valence electrons. The van der Waals surface area contributed by atoms with Gasteiger partial charge in [0.25, 0.3) is 0 Å². The van der Waals surface area contributed by atoms with E-state index in [4.69, 9.17) is 0 Å². The van der Waals surface area contributed by atoms with Crippen molar-refractivity contribution in [3.05, 3.63) is 35.9 Å². The molecule has 0 aliphatic heterocycles. The van der Waals surface area contributed by atoms with Crippen molar-refractivity contribution in [2.24, 2.45) is 0 Å². The molecular formula is C7H8FNO. The lowest BCUT2D eigenvalue weighted by molar-refractivity contribution is -0.0733. The molecule has 2 nitrogen and oxygen atoms in total. The van der Waals surface area contributed by atoms with E-state index in [9.17, 15) is 4.48 Å². The fraction of sp³-hybridized carbons (Fsp3) is 0.143. The molecule has 3 heteroatoms. The summed E-state index contributed by atoms with van der Waals surface area (Å²) in [6.07, 6.45) is 0. The maximum absolute atomic E-state index is 11.2. The normalized spacial score (nSPS) is 9.70. The number of halogens is 1. The zero-order valence-electron chi connectivity index (χ0n) is 5.38. The van der Waals surface area contributed by atoms with Crippen LogP contribution in [0.2, 0.25) is 0 Å². The van der Waals surface area contributed by atoms with Gasteiger partial charge in [0.05, 0.1) is 6.61 Å². The second kappa shape index (κ2) is 3.98. The van der Waals surface area contributed by atoms with E-state index in [0.29, 0.717) is 0 Å². The molecular weight excluding hydrogens is 133 g/mol. The second-order valence-electron chi connectivity index (χ2n) is 1.85. The van der Waals surface area contributed by atoms with Crippen molar-refractivity contribution in [3.63, 3.8) is 0 Å². The highest BCUT2D eigenvalue weighted by Gasteiger charge is 1.88. The average Bonchev–Trinajstić information content (AvgIpc) is 2.03. The first-order chi connectivity index (χ1) is 4.93. The van der Waals surface area contributed by atoms with E-state index in [2.05, 4.69) is 4.84 Å². The Labute approximate surface area is 58.5 Å². The first kappa shape index (κ1) is 7.18. The van der Waals surface area contributed by atoms with Crippen LogP contribution in [0.1, 0.15) is 5.56 Å². The Kier molecular flexibility index (Phi) is 2.86. The van der Waals surface area contributed by atoms with Crippen LogP contribution in [0.15, 0.2) is 30.3 Å². The summed E-state index contributed by atoms with van der Waals surface area (Å²) in [6, 6.07) is 9.36. The SMILES string of the molecule is FNOCc1ccccc1. The van der Waals surface area contributed by atoms with E-state index in [-0.39, 0.29) is 6.61 Å². The molecule has 0 aliphatic rings. The predicted octanol–water partition coefficient (Wildman–Crippen LogP) is 1.59. The van der Waals surface area contributed by atoms with Crippen LogP contribution in [0.4, 0.5) is 4.48 Å². The van der Waals surface area contributed by atoms with Gasteiger partial charge >= 0.3 is 0 Å². The van der Waals surface area contributed by atoms with Gasteiger partial charge in [0.2, 0.25) is 0 Å². The maximum Gasteiger partial charge on any atom is 0.0962 e. The van der Waals surface area contributed by atoms with E-state index in [0.717, 1.165) is 11.3 Å². The van der Waals surface area contributed by atoms with Gasteiger partial charge in [0.1, 0.15) is 0 Å². The van der Waals surface area contributed by atoms with Crippen LogP contribution < -0.4 is 5.70 Å². The maximum atomic E-state index is 11.2. The first-order valence-corrected chi connectivity index (χ1v) is 2.95. The molecule has 0 aliphatic carbocycles. The smallest absolute Gasteiger partial charge is 0.0962 e. The van der Waals surface area contributed by atoms with Gasteiger partial charge in [-0.1, -0.05) is 30.3 Å². The molecule has 1 aromatic carbocycles. The van der Waals surface area contributed by atoms with Crippen LogP contribution in [-0.2, 0) is 11.4 Å². The van der Waals surface area contributed by atoms with Gasteiger partial charge in [0.15, 0.2) is 0 Å². The summed E-state index contributed by atoms with van der Waals surface area (Å²) in [5, 5.41) is 0. The fourth-order valence-corrected chi connectivity index (χ4v) is 0.685. The van der Waals surface area contributed by atoms with Crippen LogP contribution in [0.25, 0.3) is 0 Å². The van der Waals surface area contributed by atoms with Gasteiger partial charge in [-0.3, -0.25) is 4.84 Å². The minimum absolute atomic E-state index is 0.247. The Morgan fingerprint density at radius 2 is 2.00 bits per heavy atom. The minimum Gasteiger partial charge on any atom is -0.268 e. The van der Waals surface area contributed by atoms with Crippen molar-refractivity contribution < 1.29 is 9.32 Å². The summed E-state index contributed by atoms with van der Waals surface area (Å²) in [6.45, 7) is 0.247. The van der Waals surface area contributed by atoms with Crippen LogP contribution >= 0.6 is 0 Å². The quantitative estimate of drug-likeness (QED) is 0.509. The van der Waals surface area contributed by atoms with E-state index in [1.165, 1.54) is 0 Å². The Bertz CT molecular complexity index is 178. The Hall–Kier alpha value is -0.930. The molecule has 0 radical (unpaired) electrons. The largest absolute Gasteiger partial charge is 0.268 e. The molecule has 0 fully saturated rings. The molecule has 1 rings (SSSR count). The Balaban J connectivity index is 2.43. The molecule has 0 spiro atoms. The van der Waals surface area contributed by atoms with Gasteiger partial charge in [-0.25, -0.2) is 0 Å². The van der Waals surface area contributed by atoms with E-state index < -0.39 is 0 Å². The van der Waals surface area contributed by atoms with Crippen LogP contribution in [0.3, 0.4) is 0 Å². The van der Waals surface area contributed by atoms with Crippen LogP contribution in [0, 0.1) is 0 Å². The van der Waals surface area contributed by atoms with Crippen molar-refractivity contribution >= 4 is 0 Å². The molecule has 0 amide bonds. The van der Waals surface area contributed by atoms with E-state index >= 15 is 0 Å². The summed E-state index contributed by atoms with van der Waals surface area (Å²) in [7, 11) is 0. The zero-order chi connectivity index (χ0) is 7.23. The predicted molar refractivity (Wildman–Crippen MR) is 35.5 cm³/mol. The first-order valence-electron chi connectivity index (χ1n) is 2.95. The third kappa shape index (κ3) is 2.13. The summed E-state index contributed by atoms with van der Waals surface area (Å²) in [5.41, 5.74) is 2.05. The summed E-state index contributed by atoms with van der Waals surface area (Å²) < 4.78 is 11.2. The summed E-state index contributed by atoms with van der Waals surface area (Å²) in [5.74, 6) is 0. The van der Waals surface area contributed by atoms with Crippen molar-refractivity contribution in [2.75, 3.05) is 0 Å². The molecule has 0 aromatic heterocycles. The lowest BCUT2D eigenvalue weighted by Crippen LogP contribution is -2.01. The lowest BCUT2D eigenvalue weighted by Gasteiger charge is -1.96. The topological polar surface area (TPSA) is 21.3 Å². The highest BCUT2D eigenvalue weighted by molar-refractivity contribution is 5.13. The van der Waals surface area contributed by atoms with Gasteiger partial charge < -0.3 is 0 Å². The van der Waals surface area contributed by atoms with Crippen LogP contribution in [0.5, 0.6) is 0 Å². The van der Waals surface area contributed by atoms with Crippen molar-refractivity contribution in [3.8, 4) is 0 Å². The van der Waals surface area contributed by atoms with Gasteiger partial charge in [0, 0.05) is 0 Å². The van der Waals surface area contributed by atoms with E-state index in [1.807, 2.05) is 30.3 Å². The van der Waals surface area contributed by atoms with Crippen molar-refractivity contribution in [1.29, 1.82) is 0 Å². The highest BCUT2D eigenvalue weighted by Crippen LogP contribution is 1.98. The number of benzene rings is 1. The van der Waals surface area contributed by atoms with Crippen molar-refractivity contribution in [1.82, 2.24) is 5.70 Å². The molecule has 0 saturated carbocycles. The van der Waals surface area contributed by atoms with E-state index in [1.54, 1.807) is 0 Å². The zero-order valence-corrected chi connectivity index (χ0v) is 5.38. The molecule has 0 heterocycles. The Morgan fingerprint density at radius 3 is 2.60 bits per heavy atom. The van der Waals surface area contributed by atoms with Gasteiger partial charge in [-0.15, -0.1) is 4.48 Å². The molecule has 1 aromatic rings. The van der Waals surface area contributed by atoms with Crippen LogP contribution in [-0.4, -0.2) is 0 Å². The molecule has 0 saturated heterocycles. The van der Waals surface area contributed by atoms with Gasteiger partial charge in [-0.05, 0) is 11.3 Å². The average molecular weight is 141 g/mol. The molecule has 10 heavy (non-hydrogen) atoms. The number of hydrogen-bond donors (Lipinski definition) is 1. The Morgan fingerprint density at radius 1 is 1.30 bits per heavy atom. The summed E-state index contributed by atoms with van der Waals surface area (Å²) in [4.78, 5) is 4.30. The van der Waals surface area contributed by atoms with Gasteiger partial charge in [-0.2, -0.15) is 0 Å². The number of rotatable bonds is 3. The van der Waals surface area contributed by atoms with Crippen molar-refractivity contribution in [2.45, 2.75) is 6.61 Å². The second-order valence-corrected chi connectivity index (χ2v) is 1.85. The fourth-order valence-electron chi connectivity index (χ4n) is 0.685. The summed E-state index contributed by atoms with van der Waals surface area (Å²) >= 11 is 0. The lowest BCUT2D eigenvalue weighted by atomic mass is 10.2.